The summed E-state index contributed by atoms with van der Waals surface area (Å²) < 4.78 is 2.09. The lowest BCUT2D eigenvalue weighted by Crippen LogP contribution is -2.27. The maximum absolute atomic E-state index is 11.5. The number of anilines is 1. The molecule has 0 aliphatic rings. The van der Waals surface area contributed by atoms with Gasteiger partial charge in [0.1, 0.15) is 12.9 Å². The number of hydrogen-bond acceptors (Lipinski definition) is 5. The zero-order chi connectivity index (χ0) is 12.3. The number of carbonyl (C=O) groups is 1. The van der Waals surface area contributed by atoms with Gasteiger partial charge in [-0.2, -0.15) is 0 Å². The average Bonchev–Trinajstić information content (AvgIpc) is 2.85. The summed E-state index contributed by atoms with van der Waals surface area (Å²) in [5.41, 5.74) is 5.33. The molecule has 0 aliphatic heterocycles. The Morgan fingerprint density at radius 3 is 3.00 bits per heavy atom. The molecule has 3 N–H and O–H groups in total. The summed E-state index contributed by atoms with van der Waals surface area (Å²) in [6.07, 6.45) is 1.41. The van der Waals surface area contributed by atoms with Crippen molar-refractivity contribution in [1.82, 2.24) is 20.1 Å². The molecule has 0 bridgehead atoms. The monoisotopic (exact) mass is 271 g/mol. The molecule has 0 radical (unpaired) electrons. The van der Waals surface area contributed by atoms with Gasteiger partial charge in [-0.3, -0.25) is 4.79 Å². The molecule has 2 aromatic heterocycles. The van der Waals surface area contributed by atoms with Gasteiger partial charge in [0.25, 0.3) is 0 Å². The van der Waals surface area contributed by atoms with Crippen LogP contribution in [0.2, 0.25) is 4.34 Å². The summed E-state index contributed by atoms with van der Waals surface area (Å²) in [4.78, 5) is 16.3. The second kappa shape index (κ2) is 5.15. The van der Waals surface area contributed by atoms with Crippen LogP contribution in [0.5, 0.6) is 0 Å². The van der Waals surface area contributed by atoms with E-state index in [4.69, 9.17) is 17.3 Å². The topological polar surface area (TPSA) is 85.8 Å². The predicted molar refractivity (Wildman–Crippen MR) is 65.6 cm³/mol. The number of rotatable bonds is 4. The molecule has 2 heterocycles. The molecule has 0 saturated heterocycles. The highest BCUT2D eigenvalue weighted by molar-refractivity contribution is 7.16. The summed E-state index contributed by atoms with van der Waals surface area (Å²) in [7, 11) is 0. The normalized spacial score (nSPS) is 10.4. The molecular weight excluding hydrogens is 262 g/mol. The molecule has 1 amide bonds. The molecule has 17 heavy (non-hydrogen) atoms. The third kappa shape index (κ3) is 3.43. The third-order valence-corrected chi connectivity index (χ3v) is 3.18. The zero-order valence-corrected chi connectivity index (χ0v) is 10.3. The quantitative estimate of drug-likeness (QED) is 0.865. The number of amides is 1. The van der Waals surface area contributed by atoms with Gasteiger partial charge in [0.2, 0.25) is 11.9 Å². The van der Waals surface area contributed by atoms with E-state index in [2.05, 4.69) is 15.4 Å². The molecule has 2 rings (SSSR count). The lowest BCUT2D eigenvalue weighted by Gasteiger charge is -2.02. The summed E-state index contributed by atoms with van der Waals surface area (Å²) in [6, 6.07) is 3.67. The van der Waals surface area contributed by atoms with Crippen LogP contribution in [0.25, 0.3) is 0 Å². The molecular formula is C9H10ClN5OS. The van der Waals surface area contributed by atoms with Crippen LogP contribution in [0.4, 0.5) is 5.95 Å². The molecule has 0 aromatic carbocycles. The SMILES string of the molecule is Nc1ncn(CC(=O)NCc2ccc(Cl)s2)n1. The van der Waals surface area contributed by atoms with Crippen molar-refractivity contribution in [2.45, 2.75) is 13.1 Å². The van der Waals surface area contributed by atoms with Crippen molar-refractivity contribution >= 4 is 34.8 Å². The van der Waals surface area contributed by atoms with Crippen LogP contribution in [0.3, 0.4) is 0 Å². The zero-order valence-electron chi connectivity index (χ0n) is 8.76. The Labute approximate surface area is 106 Å². The van der Waals surface area contributed by atoms with Crippen LogP contribution in [0.15, 0.2) is 18.5 Å². The third-order valence-electron chi connectivity index (χ3n) is 1.95. The van der Waals surface area contributed by atoms with Gasteiger partial charge in [0.05, 0.1) is 10.9 Å². The van der Waals surface area contributed by atoms with Crippen LogP contribution in [-0.2, 0) is 17.9 Å². The van der Waals surface area contributed by atoms with Crippen molar-refractivity contribution in [3.8, 4) is 0 Å². The van der Waals surface area contributed by atoms with Crippen LogP contribution in [0, 0.1) is 0 Å². The highest BCUT2D eigenvalue weighted by Gasteiger charge is 2.05. The van der Waals surface area contributed by atoms with Crippen molar-refractivity contribution in [2.24, 2.45) is 0 Å². The second-order valence-corrected chi connectivity index (χ2v) is 5.08. The van der Waals surface area contributed by atoms with Gasteiger partial charge in [0, 0.05) is 4.88 Å². The Morgan fingerprint density at radius 2 is 2.41 bits per heavy atom. The van der Waals surface area contributed by atoms with Gasteiger partial charge in [-0.1, -0.05) is 11.6 Å². The number of nitrogens with two attached hydrogens (primary N) is 1. The van der Waals surface area contributed by atoms with E-state index in [0.717, 1.165) is 4.88 Å². The molecule has 6 nitrogen and oxygen atoms in total. The first kappa shape index (κ1) is 11.9. The summed E-state index contributed by atoms with van der Waals surface area (Å²) >= 11 is 7.21. The number of nitrogens with one attached hydrogen (secondary N) is 1. The molecule has 90 valence electrons. The molecule has 0 aliphatic carbocycles. The van der Waals surface area contributed by atoms with E-state index in [1.165, 1.54) is 22.3 Å². The van der Waals surface area contributed by atoms with Gasteiger partial charge in [-0.25, -0.2) is 9.67 Å². The van der Waals surface area contributed by atoms with Gasteiger partial charge >= 0.3 is 0 Å². The van der Waals surface area contributed by atoms with Crippen molar-refractivity contribution in [1.29, 1.82) is 0 Å². The summed E-state index contributed by atoms with van der Waals surface area (Å²) in [5, 5.41) is 6.57. The lowest BCUT2D eigenvalue weighted by atomic mass is 10.4. The minimum Gasteiger partial charge on any atom is -0.367 e. The summed E-state index contributed by atoms with van der Waals surface area (Å²) in [5.74, 6) is 0.00209. The minimum atomic E-state index is -0.153. The highest BCUT2D eigenvalue weighted by atomic mass is 35.5. The Kier molecular flexibility index (Phi) is 3.60. The number of hydrogen-bond donors (Lipinski definition) is 2. The van der Waals surface area contributed by atoms with E-state index in [1.54, 1.807) is 6.07 Å². The smallest absolute Gasteiger partial charge is 0.242 e. The van der Waals surface area contributed by atoms with E-state index >= 15 is 0 Å². The van der Waals surface area contributed by atoms with E-state index in [9.17, 15) is 4.79 Å². The first-order valence-corrected chi connectivity index (χ1v) is 5.99. The fraction of sp³-hybridized carbons (Fsp3) is 0.222. The van der Waals surface area contributed by atoms with Gasteiger partial charge in [-0.15, -0.1) is 16.4 Å². The predicted octanol–water partition coefficient (Wildman–Crippen LogP) is 0.892. The molecule has 0 fully saturated rings. The van der Waals surface area contributed by atoms with Crippen molar-refractivity contribution in [3.05, 3.63) is 27.7 Å². The molecule has 0 saturated carbocycles. The van der Waals surface area contributed by atoms with Gasteiger partial charge < -0.3 is 11.1 Å². The number of halogens is 1. The lowest BCUT2D eigenvalue weighted by molar-refractivity contribution is -0.122. The van der Waals surface area contributed by atoms with Crippen LogP contribution in [-0.4, -0.2) is 20.7 Å². The Morgan fingerprint density at radius 1 is 1.59 bits per heavy atom. The number of nitrogens with zero attached hydrogens (tertiary/aromatic N) is 3. The second-order valence-electron chi connectivity index (χ2n) is 3.28. The Hall–Kier alpha value is -1.60. The van der Waals surface area contributed by atoms with Crippen LogP contribution < -0.4 is 11.1 Å². The van der Waals surface area contributed by atoms with Gasteiger partial charge in [0.15, 0.2) is 0 Å². The molecule has 2 aromatic rings. The van der Waals surface area contributed by atoms with Crippen molar-refractivity contribution in [2.75, 3.05) is 5.73 Å². The van der Waals surface area contributed by atoms with Crippen molar-refractivity contribution < 1.29 is 4.79 Å². The maximum atomic E-state index is 11.5. The standard InChI is InChI=1S/C9H10ClN5OS/c10-7-2-1-6(17-7)3-12-8(16)4-15-5-13-9(11)14-15/h1-2,5H,3-4H2,(H2,11,14)(H,12,16). The number of carbonyl (C=O) groups excluding carboxylic acids is 1. The fourth-order valence-electron chi connectivity index (χ4n) is 1.22. The first-order chi connectivity index (χ1) is 8.13. The number of nitrogen functional groups attached to an aromatic ring is 1. The fourth-order valence-corrected chi connectivity index (χ4v) is 2.25. The number of thiophene rings is 1. The molecule has 8 heteroatoms. The number of aromatic nitrogens is 3. The molecule has 0 spiro atoms. The molecule has 0 atom stereocenters. The highest BCUT2D eigenvalue weighted by Crippen LogP contribution is 2.20. The van der Waals surface area contributed by atoms with E-state index in [1.807, 2.05) is 6.07 Å². The van der Waals surface area contributed by atoms with E-state index in [0.29, 0.717) is 10.9 Å². The minimum absolute atomic E-state index is 0.101. The Balaban J connectivity index is 1.82. The van der Waals surface area contributed by atoms with Crippen LogP contribution in [0.1, 0.15) is 4.88 Å². The first-order valence-electron chi connectivity index (χ1n) is 4.79. The van der Waals surface area contributed by atoms with Crippen LogP contribution >= 0.6 is 22.9 Å². The summed E-state index contributed by atoms with van der Waals surface area (Å²) in [6.45, 7) is 0.559. The van der Waals surface area contributed by atoms with Gasteiger partial charge in [-0.05, 0) is 12.1 Å². The Bertz CT molecular complexity index is 523. The average molecular weight is 272 g/mol. The van der Waals surface area contributed by atoms with E-state index in [-0.39, 0.29) is 18.4 Å². The van der Waals surface area contributed by atoms with E-state index < -0.39 is 0 Å². The van der Waals surface area contributed by atoms with Crippen molar-refractivity contribution in [3.63, 3.8) is 0 Å². The maximum Gasteiger partial charge on any atom is 0.242 e. The largest absolute Gasteiger partial charge is 0.367 e. The molecule has 0 unspecified atom stereocenters.